The van der Waals surface area contributed by atoms with Crippen molar-refractivity contribution in [3.05, 3.63) is 84.4 Å². The zero-order valence-corrected chi connectivity index (χ0v) is 24.9. The van der Waals surface area contributed by atoms with Crippen LogP contribution in [0.25, 0.3) is 22.0 Å². The fraction of sp³-hybridized carbons (Fsp3) is 0.161. The molecule has 45 heavy (non-hydrogen) atoms. The summed E-state index contributed by atoms with van der Waals surface area (Å²) in [6.07, 6.45) is 4.31. The minimum atomic E-state index is -4.00. The molecule has 0 saturated heterocycles. The Hall–Kier alpha value is -5.34. The average molecular weight is 631 g/mol. The standard InChI is InChI=1S/C31H27FN6O6S/c1-42-30-25(15-35-31(37-30)43-2)17-3-10-24-26(13-17)34-16-27(45(40,41)38-20-6-7-20)28(24)36-21-11-18(29(33)39)12-23(14-21)44-22-8-4-19(32)5-9-22/h3-5,8-16,20,38H,6-7H2,1-2H3,(H2,33,39)(H,34,36). The van der Waals surface area contributed by atoms with Crippen molar-refractivity contribution in [1.29, 1.82) is 0 Å². The van der Waals surface area contributed by atoms with Crippen LogP contribution < -0.4 is 30.0 Å². The van der Waals surface area contributed by atoms with Crippen LogP contribution in [0.4, 0.5) is 15.8 Å². The van der Waals surface area contributed by atoms with Gasteiger partial charge in [0.2, 0.25) is 21.8 Å². The molecule has 14 heteroatoms. The van der Waals surface area contributed by atoms with Crippen molar-refractivity contribution in [2.75, 3.05) is 19.5 Å². The number of anilines is 2. The van der Waals surface area contributed by atoms with Crippen LogP contribution in [0.1, 0.15) is 23.2 Å². The number of carbonyl (C=O) groups is 1. The van der Waals surface area contributed by atoms with Crippen LogP contribution in [0, 0.1) is 5.82 Å². The number of hydrogen-bond acceptors (Lipinski definition) is 10. The predicted octanol–water partition coefficient (Wildman–Crippen LogP) is 4.92. The smallest absolute Gasteiger partial charge is 0.319 e. The lowest BCUT2D eigenvalue weighted by Gasteiger charge is -2.17. The molecule has 2 heterocycles. The highest BCUT2D eigenvalue weighted by Gasteiger charge is 2.30. The van der Waals surface area contributed by atoms with Crippen molar-refractivity contribution in [1.82, 2.24) is 19.7 Å². The summed E-state index contributed by atoms with van der Waals surface area (Å²) in [5, 5.41) is 3.64. The number of sulfonamides is 1. The molecular formula is C31H27FN6O6S. The number of benzene rings is 3. The lowest BCUT2D eigenvalue weighted by molar-refractivity contribution is 0.1000. The van der Waals surface area contributed by atoms with Crippen molar-refractivity contribution >= 4 is 38.2 Å². The number of rotatable bonds is 11. The number of ether oxygens (including phenoxy) is 3. The number of fused-ring (bicyclic) bond motifs is 1. The topological polar surface area (TPSA) is 168 Å². The second-order valence-corrected chi connectivity index (χ2v) is 11.9. The molecule has 5 aromatic rings. The molecule has 0 aliphatic heterocycles. The lowest BCUT2D eigenvalue weighted by Crippen LogP contribution is -2.26. The summed E-state index contributed by atoms with van der Waals surface area (Å²) in [6, 6.07) is 15.0. The molecule has 1 amide bonds. The number of halogens is 1. The minimum Gasteiger partial charge on any atom is -0.480 e. The third-order valence-electron chi connectivity index (χ3n) is 6.95. The van der Waals surface area contributed by atoms with E-state index in [9.17, 15) is 17.6 Å². The van der Waals surface area contributed by atoms with Crippen LogP contribution in [0.3, 0.4) is 0 Å². The number of primary amides is 1. The van der Waals surface area contributed by atoms with E-state index in [-0.39, 0.29) is 39.8 Å². The summed E-state index contributed by atoms with van der Waals surface area (Å²) >= 11 is 0. The fourth-order valence-electron chi connectivity index (χ4n) is 4.62. The Bertz CT molecular complexity index is 2040. The fourth-order valence-corrected chi connectivity index (χ4v) is 6.04. The van der Waals surface area contributed by atoms with Crippen LogP contribution in [-0.2, 0) is 10.0 Å². The molecule has 230 valence electrons. The molecule has 6 rings (SSSR count). The molecule has 1 fully saturated rings. The quantitative estimate of drug-likeness (QED) is 0.182. The van der Waals surface area contributed by atoms with E-state index in [1.54, 1.807) is 30.5 Å². The molecule has 2 aromatic heterocycles. The summed E-state index contributed by atoms with van der Waals surface area (Å²) in [5.41, 5.74) is 7.92. The highest BCUT2D eigenvalue weighted by molar-refractivity contribution is 7.89. The second kappa shape index (κ2) is 12.0. The van der Waals surface area contributed by atoms with E-state index in [4.69, 9.17) is 19.9 Å². The Kier molecular flexibility index (Phi) is 7.91. The monoisotopic (exact) mass is 630 g/mol. The Labute approximate surface area is 257 Å². The van der Waals surface area contributed by atoms with Gasteiger partial charge in [0.05, 0.1) is 31.0 Å². The van der Waals surface area contributed by atoms with Crippen molar-refractivity contribution in [2.24, 2.45) is 5.73 Å². The number of nitrogens with one attached hydrogen (secondary N) is 2. The highest BCUT2D eigenvalue weighted by Crippen LogP contribution is 2.38. The molecule has 0 atom stereocenters. The van der Waals surface area contributed by atoms with Gasteiger partial charge in [-0.25, -0.2) is 22.5 Å². The number of pyridine rings is 1. The zero-order chi connectivity index (χ0) is 31.7. The van der Waals surface area contributed by atoms with E-state index in [1.807, 2.05) is 0 Å². The maximum absolute atomic E-state index is 13.5. The number of hydrogen-bond donors (Lipinski definition) is 3. The molecule has 0 unspecified atom stereocenters. The van der Waals surface area contributed by atoms with E-state index in [0.29, 0.717) is 33.5 Å². The van der Waals surface area contributed by atoms with Gasteiger partial charge in [-0.2, -0.15) is 4.98 Å². The van der Waals surface area contributed by atoms with Gasteiger partial charge in [0, 0.05) is 41.1 Å². The number of aromatic nitrogens is 3. The molecule has 1 saturated carbocycles. The van der Waals surface area contributed by atoms with Gasteiger partial charge in [0.15, 0.2) is 0 Å². The first-order chi connectivity index (χ1) is 21.6. The number of nitrogens with zero attached hydrogens (tertiary/aromatic N) is 3. The third-order valence-corrected chi connectivity index (χ3v) is 8.48. The van der Waals surface area contributed by atoms with Crippen LogP contribution >= 0.6 is 0 Å². The van der Waals surface area contributed by atoms with Gasteiger partial charge in [-0.3, -0.25) is 9.78 Å². The number of carbonyl (C=O) groups excluding carboxylic acids is 1. The molecule has 1 aliphatic rings. The van der Waals surface area contributed by atoms with Crippen molar-refractivity contribution in [3.63, 3.8) is 0 Å². The van der Waals surface area contributed by atoms with Crippen LogP contribution in [0.2, 0.25) is 0 Å². The van der Waals surface area contributed by atoms with Crippen LogP contribution in [0.15, 0.2) is 78.0 Å². The first-order valence-corrected chi connectivity index (χ1v) is 15.2. The summed E-state index contributed by atoms with van der Waals surface area (Å²) in [7, 11) is -1.07. The summed E-state index contributed by atoms with van der Waals surface area (Å²) < 4.78 is 59.6. The molecule has 0 spiro atoms. The van der Waals surface area contributed by atoms with Gasteiger partial charge in [-0.15, -0.1) is 0 Å². The number of methoxy groups -OCH3 is 2. The van der Waals surface area contributed by atoms with Crippen LogP contribution in [-0.4, -0.2) is 49.5 Å². The average Bonchev–Trinajstić information content (AvgIpc) is 3.84. The Balaban J connectivity index is 1.46. The van der Waals surface area contributed by atoms with Gasteiger partial charge in [0.1, 0.15) is 22.2 Å². The number of nitrogens with two attached hydrogens (primary N) is 1. The van der Waals surface area contributed by atoms with Crippen molar-refractivity contribution in [2.45, 2.75) is 23.8 Å². The highest BCUT2D eigenvalue weighted by atomic mass is 32.2. The van der Waals surface area contributed by atoms with Gasteiger partial charge in [-0.05, 0) is 60.9 Å². The Morgan fingerprint density at radius 1 is 0.956 bits per heavy atom. The van der Waals surface area contributed by atoms with E-state index in [1.165, 1.54) is 56.8 Å². The molecule has 3 aromatic carbocycles. The van der Waals surface area contributed by atoms with Crippen LogP contribution in [0.5, 0.6) is 23.4 Å². The molecule has 12 nitrogen and oxygen atoms in total. The van der Waals surface area contributed by atoms with Gasteiger partial charge in [-0.1, -0.05) is 12.1 Å². The maximum Gasteiger partial charge on any atom is 0.319 e. The SMILES string of the molecule is COc1ncc(-c2ccc3c(Nc4cc(Oc5ccc(F)cc5)cc(C(N)=O)c4)c(S(=O)(=O)NC4CC4)cnc3c2)c(OC)n1. The second-order valence-electron chi connectivity index (χ2n) is 10.2. The van der Waals surface area contributed by atoms with Gasteiger partial charge >= 0.3 is 6.01 Å². The van der Waals surface area contributed by atoms with E-state index in [2.05, 4.69) is 25.0 Å². The molecule has 1 aliphatic carbocycles. The van der Waals surface area contributed by atoms with Gasteiger partial charge in [0.25, 0.3) is 0 Å². The largest absolute Gasteiger partial charge is 0.480 e. The molecule has 4 N–H and O–H groups in total. The minimum absolute atomic E-state index is 0.0921. The normalized spacial score (nSPS) is 13.0. The Morgan fingerprint density at radius 3 is 2.42 bits per heavy atom. The summed E-state index contributed by atoms with van der Waals surface area (Å²) in [5.74, 6) is -0.348. The molecule has 0 bridgehead atoms. The Morgan fingerprint density at radius 2 is 1.73 bits per heavy atom. The maximum atomic E-state index is 13.5. The third kappa shape index (κ3) is 6.46. The summed E-state index contributed by atoms with van der Waals surface area (Å²) in [6.45, 7) is 0. The van der Waals surface area contributed by atoms with E-state index >= 15 is 0 Å². The van der Waals surface area contributed by atoms with E-state index in [0.717, 1.165) is 12.8 Å². The first-order valence-electron chi connectivity index (χ1n) is 13.7. The van der Waals surface area contributed by atoms with Crippen molar-refractivity contribution < 1.29 is 31.8 Å². The van der Waals surface area contributed by atoms with E-state index < -0.39 is 21.7 Å². The first kappa shape index (κ1) is 29.7. The predicted molar refractivity (Wildman–Crippen MR) is 164 cm³/mol. The lowest BCUT2D eigenvalue weighted by atomic mass is 10.0. The number of amides is 1. The summed E-state index contributed by atoms with van der Waals surface area (Å²) in [4.78, 5) is 25.0. The van der Waals surface area contributed by atoms with Crippen molar-refractivity contribution in [3.8, 4) is 34.5 Å². The van der Waals surface area contributed by atoms with Gasteiger partial charge < -0.3 is 25.3 Å². The molecule has 0 radical (unpaired) electrons. The molecular weight excluding hydrogens is 603 g/mol. The zero-order valence-electron chi connectivity index (χ0n) is 24.1.